The molecule has 0 unspecified atom stereocenters. The van der Waals surface area contributed by atoms with Crippen LogP contribution < -0.4 is 5.32 Å². The van der Waals surface area contributed by atoms with Gasteiger partial charge in [-0.1, -0.05) is 11.3 Å². The van der Waals surface area contributed by atoms with Gasteiger partial charge in [-0.15, -0.1) is 0 Å². The summed E-state index contributed by atoms with van der Waals surface area (Å²) in [7, 11) is 3.36. The molecule has 1 amide bonds. The summed E-state index contributed by atoms with van der Waals surface area (Å²) in [6.07, 6.45) is 0.302. The van der Waals surface area contributed by atoms with Crippen molar-refractivity contribution in [3.05, 3.63) is 10.6 Å². The molecule has 1 aromatic rings. The average Bonchev–Trinajstić information content (AvgIpc) is 2.83. The molecule has 0 fully saturated rings. The zero-order valence-corrected chi connectivity index (χ0v) is 13.4. The summed E-state index contributed by atoms with van der Waals surface area (Å²) >= 11 is 1.08. The Morgan fingerprint density at radius 1 is 1.33 bits per heavy atom. The molecule has 0 aromatic carbocycles. The lowest BCUT2D eigenvalue weighted by Crippen LogP contribution is -2.23. The van der Waals surface area contributed by atoms with E-state index < -0.39 is 5.97 Å². The highest BCUT2D eigenvalue weighted by Crippen LogP contribution is 2.24. The van der Waals surface area contributed by atoms with Crippen LogP contribution in [0.25, 0.3) is 0 Å². The van der Waals surface area contributed by atoms with Gasteiger partial charge >= 0.3 is 5.97 Å². The van der Waals surface area contributed by atoms with Crippen LogP contribution in [-0.2, 0) is 9.53 Å². The fraction of sp³-hybridized carbons (Fsp3) is 0.538. The van der Waals surface area contributed by atoms with Crippen molar-refractivity contribution in [1.29, 1.82) is 0 Å². The number of hydrogen-bond donors (Lipinski definition) is 1. The number of hydrogen-bond acceptors (Lipinski definition) is 7. The minimum atomic E-state index is -0.614. The third kappa shape index (κ3) is 4.82. The fourth-order valence-electron chi connectivity index (χ4n) is 1.47. The van der Waals surface area contributed by atoms with Crippen LogP contribution in [0.5, 0.6) is 0 Å². The molecule has 1 aromatic heterocycles. The van der Waals surface area contributed by atoms with Crippen LogP contribution >= 0.6 is 11.3 Å². The number of nitrogens with zero attached hydrogens (tertiary/aromatic N) is 2. The number of esters is 1. The Labute approximate surface area is 127 Å². The monoisotopic (exact) mass is 313 g/mol. The molecular formula is C13H19N3O4S. The van der Waals surface area contributed by atoms with E-state index in [-0.39, 0.29) is 28.9 Å². The third-order valence-corrected chi connectivity index (χ3v) is 3.64. The number of carbonyl (C=O) groups is 3. The van der Waals surface area contributed by atoms with Crippen LogP contribution in [0, 0.1) is 0 Å². The van der Waals surface area contributed by atoms with Crippen LogP contribution in [0.4, 0.5) is 5.13 Å². The molecule has 0 saturated heterocycles. The van der Waals surface area contributed by atoms with Crippen LogP contribution in [0.1, 0.15) is 40.4 Å². The lowest BCUT2D eigenvalue weighted by atomic mass is 10.3. The summed E-state index contributed by atoms with van der Waals surface area (Å²) in [5.74, 6) is -0.874. The van der Waals surface area contributed by atoms with E-state index in [0.717, 1.165) is 11.3 Å². The predicted molar refractivity (Wildman–Crippen MR) is 79.9 cm³/mol. The number of carbonyl (C=O) groups excluding carboxylic acids is 3. The third-order valence-electron chi connectivity index (χ3n) is 2.53. The minimum absolute atomic E-state index is 0.0172. The molecule has 0 bridgehead atoms. The summed E-state index contributed by atoms with van der Waals surface area (Å²) in [6.45, 7) is 3.65. The summed E-state index contributed by atoms with van der Waals surface area (Å²) in [6, 6.07) is 0. The number of thiazole rings is 1. The standard InChI is InChI=1S/C13H19N3O4S/c1-5-20-12(19)10-11(8(2)17)21-13(15-10)14-7-6-9(18)16(3)4/h5-7H2,1-4H3,(H,14,15). The van der Waals surface area contributed by atoms with Crippen molar-refractivity contribution >= 4 is 34.1 Å². The highest BCUT2D eigenvalue weighted by molar-refractivity contribution is 7.17. The van der Waals surface area contributed by atoms with Gasteiger partial charge in [-0.2, -0.15) is 0 Å². The molecule has 0 aliphatic rings. The molecule has 0 atom stereocenters. The molecular weight excluding hydrogens is 294 g/mol. The normalized spacial score (nSPS) is 10.1. The van der Waals surface area contributed by atoms with Crippen molar-refractivity contribution in [2.45, 2.75) is 20.3 Å². The Morgan fingerprint density at radius 2 is 2.00 bits per heavy atom. The van der Waals surface area contributed by atoms with Gasteiger partial charge in [-0.25, -0.2) is 9.78 Å². The van der Waals surface area contributed by atoms with E-state index in [2.05, 4.69) is 10.3 Å². The summed E-state index contributed by atoms with van der Waals surface area (Å²) in [5.41, 5.74) is 0.0239. The first kappa shape index (κ1) is 17.1. The second kappa shape index (κ2) is 7.72. The summed E-state index contributed by atoms with van der Waals surface area (Å²) in [4.78, 5) is 40.5. The fourth-order valence-corrected chi connectivity index (χ4v) is 2.35. The lowest BCUT2D eigenvalue weighted by Gasteiger charge is -2.09. The van der Waals surface area contributed by atoms with E-state index in [0.29, 0.717) is 18.1 Å². The lowest BCUT2D eigenvalue weighted by molar-refractivity contribution is -0.128. The highest BCUT2D eigenvalue weighted by Gasteiger charge is 2.22. The number of anilines is 1. The van der Waals surface area contributed by atoms with Gasteiger partial charge in [0.1, 0.15) is 4.88 Å². The van der Waals surface area contributed by atoms with Gasteiger partial charge in [0, 0.05) is 34.0 Å². The highest BCUT2D eigenvalue weighted by atomic mass is 32.1. The zero-order chi connectivity index (χ0) is 16.0. The number of Topliss-reactive ketones (excluding diaryl/α,β-unsaturated/α-hetero) is 1. The van der Waals surface area contributed by atoms with Gasteiger partial charge in [0.15, 0.2) is 16.6 Å². The summed E-state index contributed by atoms with van der Waals surface area (Å²) < 4.78 is 4.87. The molecule has 21 heavy (non-hydrogen) atoms. The SMILES string of the molecule is CCOC(=O)c1nc(NCCC(=O)N(C)C)sc1C(C)=O. The molecule has 7 nitrogen and oxygen atoms in total. The van der Waals surface area contributed by atoms with Gasteiger partial charge in [0.25, 0.3) is 0 Å². The van der Waals surface area contributed by atoms with E-state index in [1.165, 1.54) is 11.8 Å². The van der Waals surface area contributed by atoms with Gasteiger partial charge in [-0.05, 0) is 6.92 Å². The van der Waals surface area contributed by atoms with Crippen molar-refractivity contribution < 1.29 is 19.1 Å². The number of aromatic nitrogens is 1. The van der Waals surface area contributed by atoms with Crippen LogP contribution in [0.15, 0.2) is 0 Å². The van der Waals surface area contributed by atoms with E-state index in [1.807, 2.05) is 0 Å². The maximum Gasteiger partial charge on any atom is 0.358 e. The van der Waals surface area contributed by atoms with Crippen molar-refractivity contribution in [2.24, 2.45) is 0 Å². The maximum atomic E-state index is 11.7. The first-order chi connectivity index (χ1) is 9.86. The predicted octanol–water partition coefficient (Wildman–Crippen LogP) is 1.41. The minimum Gasteiger partial charge on any atom is -0.461 e. The van der Waals surface area contributed by atoms with E-state index in [1.54, 1.807) is 21.0 Å². The Bertz CT molecular complexity index is 540. The zero-order valence-electron chi connectivity index (χ0n) is 12.6. The van der Waals surface area contributed by atoms with Crippen LogP contribution in [0.2, 0.25) is 0 Å². The molecule has 0 saturated carbocycles. The number of nitrogens with one attached hydrogen (secondary N) is 1. The van der Waals surface area contributed by atoms with Crippen molar-refractivity contribution in [3.8, 4) is 0 Å². The topological polar surface area (TPSA) is 88.6 Å². The number of amides is 1. The Hall–Kier alpha value is -1.96. The van der Waals surface area contributed by atoms with Crippen LogP contribution in [-0.4, -0.2) is 54.8 Å². The second-order valence-corrected chi connectivity index (χ2v) is 5.44. The quantitative estimate of drug-likeness (QED) is 0.605. The van der Waals surface area contributed by atoms with Crippen molar-refractivity contribution in [1.82, 2.24) is 9.88 Å². The number of ether oxygens (including phenoxy) is 1. The van der Waals surface area contributed by atoms with Gasteiger partial charge in [-0.3, -0.25) is 9.59 Å². The van der Waals surface area contributed by atoms with E-state index in [4.69, 9.17) is 4.74 Å². The van der Waals surface area contributed by atoms with E-state index >= 15 is 0 Å². The van der Waals surface area contributed by atoms with Crippen LogP contribution in [0.3, 0.4) is 0 Å². The molecule has 1 N–H and O–H groups in total. The molecule has 1 heterocycles. The smallest absolute Gasteiger partial charge is 0.358 e. The first-order valence-corrected chi connectivity index (χ1v) is 7.31. The molecule has 8 heteroatoms. The second-order valence-electron chi connectivity index (χ2n) is 4.44. The van der Waals surface area contributed by atoms with E-state index in [9.17, 15) is 14.4 Å². The van der Waals surface area contributed by atoms with Gasteiger partial charge in [0.05, 0.1) is 6.61 Å². The van der Waals surface area contributed by atoms with Crippen molar-refractivity contribution in [2.75, 3.05) is 32.6 Å². The molecule has 116 valence electrons. The number of rotatable bonds is 7. The Kier molecular flexibility index (Phi) is 6.29. The van der Waals surface area contributed by atoms with Gasteiger partial charge in [0.2, 0.25) is 5.91 Å². The first-order valence-electron chi connectivity index (χ1n) is 6.49. The molecule has 1 rings (SSSR count). The largest absolute Gasteiger partial charge is 0.461 e. The van der Waals surface area contributed by atoms with Crippen molar-refractivity contribution in [3.63, 3.8) is 0 Å². The number of ketones is 1. The molecule has 0 aliphatic heterocycles. The maximum absolute atomic E-state index is 11.7. The Balaban J connectivity index is 2.76. The Morgan fingerprint density at radius 3 is 2.52 bits per heavy atom. The molecule has 0 aliphatic carbocycles. The molecule has 0 spiro atoms. The average molecular weight is 313 g/mol. The summed E-state index contributed by atoms with van der Waals surface area (Å²) in [5, 5.41) is 3.37. The molecule has 0 radical (unpaired) electrons. The van der Waals surface area contributed by atoms with Gasteiger partial charge < -0.3 is 15.0 Å².